The highest BCUT2D eigenvalue weighted by Gasteiger charge is 2.29. The SMILES string of the molecule is CCCNC(Cc1ccccc1Cl)C(C)(C)OC. The summed E-state index contributed by atoms with van der Waals surface area (Å²) in [6.45, 7) is 7.37. The van der Waals surface area contributed by atoms with E-state index in [0.717, 1.165) is 30.0 Å². The Labute approximate surface area is 116 Å². The van der Waals surface area contributed by atoms with Gasteiger partial charge in [-0.1, -0.05) is 36.7 Å². The number of hydrogen-bond donors (Lipinski definition) is 1. The van der Waals surface area contributed by atoms with Gasteiger partial charge in [-0.3, -0.25) is 0 Å². The standard InChI is InChI=1S/C15H24ClNO/c1-5-10-17-14(15(2,3)18-4)11-12-8-6-7-9-13(12)16/h6-9,14,17H,5,10-11H2,1-4H3. The van der Waals surface area contributed by atoms with Crippen molar-refractivity contribution in [1.82, 2.24) is 5.32 Å². The highest BCUT2D eigenvalue weighted by atomic mass is 35.5. The Hall–Kier alpha value is -0.570. The molecule has 1 aromatic carbocycles. The molecule has 0 amide bonds. The number of nitrogens with one attached hydrogen (secondary N) is 1. The van der Waals surface area contributed by atoms with Crippen molar-refractivity contribution in [3.8, 4) is 0 Å². The monoisotopic (exact) mass is 269 g/mol. The smallest absolute Gasteiger partial charge is 0.0778 e. The zero-order chi connectivity index (χ0) is 13.6. The maximum Gasteiger partial charge on any atom is 0.0778 e. The summed E-state index contributed by atoms with van der Waals surface area (Å²) in [5.41, 5.74) is 0.951. The summed E-state index contributed by atoms with van der Waals surface area (Å²) in [5.74, 6) is 0. The molecule has 0 fully saturated rings. The van der Waals surface area contributed by atoms with E-state index < -0.39 is 0 Å². The minimum atomic E-state index is -0.214. The molecule has 18 heavy (non-hydrogen) atoms. The first-order valence-corrected chi connectivity index (χ1v) is 6.91. The van der Waals surface area contributed by atoms with Crippen LogP contribution in [0.4, 0.5) is 0 Å². The van der Waals surface area contributed by atoms with Crippen LogP contribution in [0.2, 0.25) is 5.02 Å². The average Bonchev–Trinajstić information content (AvgIpc) is 2.36. The Kier molecular flexibility index (Phi) is 6.13. The van der Waals surface area contributed by atoms with Crippen molar-refractivity contribution in [3.05, 3.63) is 34.9 Å². The third-order valence-corrected chi connectivity index (χ3v) is 3.76. The minimum Gasteiger partial charge on any atom is -0.377 e. The number of hydrogen-bond acceptors (Lipinski definition) is 2. The molecule has 0 radical (unpaired) electrons. The Morgan fingerprint density at radius 1 is 1.33 bits per heavy atom. The fraction of sp³-hybridized carbons (Fsp3) is 0.600. The zero-order valence-corrected chi connectivity index (χ0v) is 12.6. The first-order valence-electron chi connectivity index (χ1n) is 6.53. The second kappa shape index (κ2) is 7.13. The molecule has 1 aromatic rings. The van der Waals surface area contributed by atoms with Gasteiger partial charge in [-0.2, -0.15) is 0 Å². The summed E-state index contributed by atoms with van der Waals surface area (Å²) in [5, 5.41) is 4.38. The Bertz CT molecular complexity index is 365. The largest absolute Gasteiger partial charge is 0.377 e. The lowest BCUT2D eigenvalue weighted by Crippen LogP contribution is -2.49. The van der Waals surface area contributed by atoms with Crippen LogP contribution in [0.15, 0.2) is 24.3 Å². The van der Waals surface area contributed by atoms with Gasteiger partial charge in [-0.05, 0) is 44.9 Å². The van der Waals surface area contributed by atoms with Crippen LogP contribution < -0.4 is 5.32 Å². The molecule has 0 bridgehead atoms. The van der Waals surface area contributed by atoms with E-state index in [9.17, 15) is 0 Å². The van der Waals surface area contributed by atoms with E-state index in [4.69, 9.17) is 16.3 Å². The lowest BCUT2D eigenvalue weighted by Gasteiger charge is -2.34. The lowest BCUT2D eigenvalue weighted by molar-refractivity contribution is -0.00997. The molecule has 0 aromatic heterocycles. The molecule has 1 rings (SSSR count). The second-order valence-electron chi connectivity index (χ2n) is 5.11. The minimum absolute atomic E-state index is 0.214. The molecule has 1 N–H and O–H groups in total. The third-order valence-electron chi connectivity index (χ3n) is 3.39. The number of rotatable bonds is 7. The van der Waals surface area contributed by atoms with Gasteiger partial charge in [0.25, 0.3) is 0 Å². The van der Waals surface area contributed by atoms with E-state index in [1.165, 1.54) is 0 Å². The molecule has 0 aliphatic rings. The summed E-state index contributed by atoms with van der Waals surface area (Å²) in [6.07, 6.45) is 1.99. The Balaban J connectivity index is 2.81. The van der Waals surface area contributed by atoms with Gasteiger partial charge in [0.2, 0.25) is 0 Å². The summed E-state index contributed by atoms with van der Waals surface area (Å²) in [6, 6.07) is 8.25. The number of benzene rings is 1. The van der Waals surface area contributed by atoms with E-state index >= 15 is 0 Å². The van der Waals surface area contributed by atoms with Gasteiger partial charge >= 0.3 is 0 Å². The van der Waals surface area contributed by atoms with Crippen LogP contribution in [0, 0.1) is 0 Å². The summed E-state index contributed by atoms with van der Waals surface area (Å²) < 4.78 is 5.60. The molecule has 1 unspecified atom stereocenters. The zero-order valence-electron chi connectivity index (χ0n) is 11.8. The Morgan fingerprint density at radius 2 is 2.00 bits per heavy atom. The molecule has 1 atom stereocenters. The summed E-state index contributed by atoms with van der Waals surface area (Å²) in [7, 11) is 1.76. The average molecular weight is 270 g/mol. The van der Waals surface area contributed by atoms with Gasteiger partial charge in [0.1, 0.15) is 0 Å². The molecule has 0 heterocycles. The van der Waals surface area contributed by atoms with Crippen molar-refractivity contribution in [2.45, 2.75) is 45.3 Å². The van der Waals surface area contributed by atoms with Gasteiger partial charge in [0.15, 0.2) is 0 Å². The first kappa shape index (κ1) is 15.5. The number of halogens is 1. The molecule has 0 aliphatic heterocycles. The fourth-order valence-electron chi connectivity index (χ4n) is 1.91. The highest BCUT2D eigenvalue weighted by molar-refractivity contribution is 6.31. The van der Waals surface area contributed by atoms with Crippen LogP contribution in [-0.2, 0) is 11.2 Å². The molecule has 0 saturated heterocycles. The quantitative estimate of drug-likeness (QED) is 0.815. The fourth-order valence-corrected chi connectivity index (χ4v) is 2.12. The van der Waals surface area contributed by atoms with Crippen molar-refractivity contribution in [2.75, 3.05) is 13.7 Å². The predicted molar refractivity (Wildman–Crippen MR) is 78.3 cm³/mol. The number of methoxy groups -OCH3 is 1. The van der Waals surface area contributed by atoms with Crippen molar-refractivity contribution in [3.63, 3.8) is 0 Å². The van der Waals surface area contributed by atoms with Crippen LogP contribution in [0.25, 0.3) is 0 Å². The van der Waals surface area contributed by atoms with Gasteiger partial charge in [-0.25, -0.2) is 0 Å². The van der Waals surface area contributed by atoms with Gasteiger partial charge < -0.3 is 10.1 Å². The molecule has 2 nitrogen and oxygen atoms in total. The first-order chi connectivity index (χ1) is 8.51. The molecule has 102 valence electrons. The van der Waals surface area contributed by atoms with Crippen molar-refractivity contribution >= 4 is 11.6 Å². The number of ether oxygens (including phenoxy) is 1. The molecule has 0 aliphatic carbocycles. The third kappa shape index (κ3) is 4.27. The van der Waals surface area contributed by atoms with Crippen LogP contribution >= 0.6 is 11.6 Å². The molecule has 0 spiro atoms. The van der Waals surface area contributed by atoms with Gasteiger partial charge in [0.05, 0.1) is 5.60 Å². The summed E-state index contributed by atoms with van der Waals surface area (Å²) in [4.78, 5) is 0. The maximum atomic E-state index is 6.23. The van der Waals surface area contributed by atoms with E-state index in [1.54, 1.807) is 7.11 Å². The van der Waals surface area contributed by atoms with Crippen molar-refractivity contribution < 1.29 is 4.74 Å². The van der Waals surface area contributed by atoms with Crippen molar-refractivity contribution in [2.24, 2.45) is 0 Å². The topological polar surface area (TPSA) is 21.3 Å². The maximum absolute atomic E-state index is 6.23. The predicted octanol–water partition coefficient (Wildman–Crippen LogP) is 3.68. The summed E-state index contributed by atoms with van der Waals surface area (Å²) >= 11 is 6.23. The van der Waals surface area contributed by atoms with Crippen molar-refractivity contribution in [1.29, 1.82) is 0 Å². The van der Waals surface area contributed by atoms with Gasteiger partial charge in [0, 0.05) is 18.2 Å². The van der Waals surface area contributed by atoms with Crippen LogP contribution in [-0.4, -0.2) is 25.3 Å². The molecule has 3 heteroatoms. The van der Waals surface area contributed by atoms with E-state index in [2.05, 4.69) is 32.2 Å². The molecular formula is C15H24ClNO. The Morgan fingerprint density at radius 3 is 2.56 bits per heavy atom. The van der Waals surface area contributed by atoms with Crippen LogP contribution in [0.1, 0.15) is 32.8 Å². The molecular weight excluding hydrogens is 246 g/mol. The van der Waals surface area contributed by atoms with Gasteiger partial charge in [-0.15, -0.1) is 0 Å². The normalized spacial score (nSPS) is 13.6. The second-order valence-corrected chi connectivity index (χ2v) is 5.52. The van der Waals surface area contributed by atoms with E-state index in [0.29, 0.717) is 0 Å². The van der Waals surface area contributed by atoms with Crippen LogP contribution in [0.3, 0.4) is 0 Å². The van der Waals surface area contributed by atoms with E-state index in [-0.39, 0.29) is 11.6 Å². The lowest BCUT2D eigenvalue weighted by atomic mass is 9.92. The van der Waals surface area contributed by atoms with Crippen LogP contribution in [0.5, 0.6) is 0 Å². The molecule has 0 saturated carbocycles. The highest BCUT2D eigenvalue weighted by Crippen LogP contribution is 2.22. The van der Waals surface area contributed by atoms with E-state index in [1.807, 2.05) is 18.2 Å².